The van der Waals surface area contributed by atoms with Crippen molar-refractivity contribution in [2.45, 2.75) is 38.2 Å². The highest BCUT2D eigenvalue weighted by molar-refractivity contribution is 5.34. The van der Waals surface area contributed by atoms with E-state index in [4.69, 9.17) is 4.74 Å². The first-order chi connectivity index (χ1) is 8.20. The van der Waals surface area contributed by atoms with Crippen LogP contribution in [0.3, 0.4) is 0 Å². The minimum absolute atomic E-state index is 0.172. The normalized spacial score (nSPS) is 23.9. The van der Waals surface area contributed by atoms with Gasteiger partial charge in [0, 0.05) is 0 Å². The zero-order chi connectivity index (χ0) is 12.3. The minimum atomic E-state index is -0.229. The molecule has 2 nitrogen and oxygen atoms in total. The summed E-state index contributed by atoms with van der Waals surface area (Å²) >= 11 is 0. The Balaban J connectivity index is 2.00. The highest BCUT2D eigenvalue weighted by Gasteiger charge is 2.24. The first kappa shape index (κ1) is 12.4. The Kier molecular flexibility index (Phi) is 4.00. The molecule has 1 aliphatic rings. The van der Waals surface area contributed by atoms with E-state index in [2.05, 4.69) is 0 Å². The Hall–Kier alpha value is -1.09. The molecule has 0 aromatic heterocycles. The maximum absolute atomic E-state index is 13.2. The molecule has 0 heterocycles. The van der Waals surface area contributed by atoms with Crippen LogP contribution in [0.1, 0.15) is 31.2 Å². The molecule has 3 heteroatoms. The number of methoxy groups -OCH3 is 1. The van der Waals surface area contributed by atoms with Crippen LogP contribution in [0, 0.1) is 11.7 Å². The summed E-state index contributed by atoms with van der Waals surface area (Å²) < 4.78 is 18.4. The van der Waals surface area contributed by atoms with Crippen molar-refractivity contribution in [2.75, 3.05) is 7.11 Å². The highest BCUT2D eigenvalue weighted by atomic mass is 19.1. The van der Waals surface area contributed by atoms with Crippen LogP contribution in [-0.4, -0.2) is 18.3 Å². The lowest BCUT2D eigenvalue weighted by molar-refractivity contribution is 0.128. The van der Waals surface area contributed by atoms with Gasteiger partial charge in [-0.1, -0.05) is 6.42 Å². The Bertz CT molecular complexity index is 378. The summed E-state index contributed by atoms with van der Waals surface area (Å²) in [6, 6.07) is 4.60. The number of hydrogen-bond acceptors (Lipinski definition) is 2. The van der Waals surface area contributed by atoms with Gasteiger partial charge in [-0.3, -0.25) is 0 Å². The molecular weight excluding hydrogens is 219 g/mol. The number of aryl methyl sites for hydroxylation is 1. The molecule has 0 aliphatic heterocycles. The van der Waals surface area contributed by atoms with Crippen molar-refractivity contribution in [2.24, 2.45) is 5.92 Å². The maximum Gasteiger partial charge on any atom is 0.123 e. The largest absolute Gasteiger partial charge is 0.496 e. The molecule has 94 valence electrons. The molecule has 2 atom stereocenters. The summed E-state index contributed by atoms with van der Waals surface area (Å²) in [6.45, 7) is 0. The van der Waals surface area contributed by atoms with E-state index in [1.165, 1.54) is 12.1 Å². The van der Waals surface area contributed by atoms with E-state index in [9.17, 15) is 9.50 Å². The zero-order valence-corrected chi connectivity index (χ0v) is 10.2. The molecule has 0 radical (unpaired) electrons. The van der Waals surface area contributed by atoms with Crippen molar-refractivity contribution in [1.82, 2.24) is 0 Å². The summed E-state index contributed by atoms with van der Waals surface area (Å²) in [5.41, 5.74) is 0.895. The Morgan fingerprint density at radius 3 is 2.88 bits per heavy atom. The van der Waals surface area contributed by atoms with E-state index in [1.54, 1.807) is 13.2 Å². The van der Waals surface area contributed by atoms with Gasteiger partial charge in [0.05, 0.1) is 13.2 Å². The molecule has 1 saturated carbocycles. The van der Waals surface area contributed by atoms with Crippen LogP contribution in [-0.2, 0) is 6.42 Å². The molecule has 1 aromatic carbocycles. The smallest absolute Gasteiger partial charge is 0.123 e. The van der Waals surface area contributed by atoms with Gasteiger partial charge < -0.3 is 9.84 Å². The Morgan fingerprint density at radius 1 is 1.41 bits per heavy atom. The fraction of sp³-hybridized carbons (Fsp3) is 0.571. The highest BCUT2D eigenvalue weighted by Crippen LogP contribution is 2.31. The van der Waals surface area contributed by atoms with Gasteiger partial charge in [-0.25, -0.2) is 4.39 Å². The number of halogens is 1. The second kappa shape index (κ2) is 5.50. The lowest BCUT2D eigenvalue weighted by atomic mass is 9.96. The molecule has 2 rings (SSSR count). The van der Waals surface area contributed by atoms with E-state index < -0.39 is 0 Å². The fourth-order valence-electron chi connectivity index (χ4n) is 2.64. The van der Waals surface area contributed by atoms with Gasteiger partial charge in [-0.05, 0) is 55.4 Å². The number of aliphatic hydroxyl groups excluding tert-OH is 1. The molecule has 0 spiro atoms. The van der Waals surface area contributed by atoms with Crippen molar-refractivity contribution in [1.29, 1.82) is 0 Å². The quantitative estimate of drug-likeness (QED) is 0.874. The average molecular weight is 238 g/mol. The van der Waals surface area contributed by atoms with Crippen LogP contribution >= 0.6 is 0 Å². The van der Waals surface area contributed by atoms with E-state index in [-0.39, 0.29) is 11.9 Å². The number of benzene rings is 1. The number of rotatable bonds is 4. The third-order valence-corrected chi connectivity index (χ3v) is 3.65. The first-order valence-corrected chi connectivity index (χ1v) is 6.21. The van der Waals surface area contributed by atoms with Gasteiger partial charge in [0.2, 0.25) is 0 Å². The molecule has 0 amide bonds. The zero-order valence-electron chi connectivity index (χ0n) is 10.2. The predicted molar refractivity (Wildman–Crippen MR) is 64.6 cm³/mol. The first-order valence-electron chi connectivity index (χ1n) is 6.21. The summed E-state index contributed by atoms with van der Waals surface area (Å²) in [7, 11) is 1.60. The van der Waals surface area contributed by atoms with E-state index in [0.717, 1.165) is 43.4 Å². The molecule has 1 aliphatic carbocycles. The third-order valence-electron chi connectivity index (χ3n) is 3.65. The third kappa shape index (κ3) is 2.97. The molecule has 1 fully saturated rings. The topological polar surface area (TPSA) is 29.5 Å². The van der Waals surface area contributed by atoms with Gasteiger partial charge in [-0.15, -0.1) is 0 Å². The second-order valence-corrected chi connectivity index (χ2v) is 4.75. The van der Waals surface area contributed by atoms with E-state index in [0.29, 0.717) is 5.92 Å². The SMILES string of the molecule is COc1ccc(F)cc1CCC1CCCC1O. The van der Waals surface area contributed by atoms with Crippen LogP contribution < -0.4 is 4.74 Å². The average Bonchev–Trinajstić information content (AvgIpc) is 2.72. The fourth-order valence-corrected chi connectivity index (χ4v) is 2.64. The van der Waals surface area contributed by atoms with Gasteiger partial charge in [0.25, 0.3) is 0 Å². The Morgan fingerprint density at radius 2 is 2.24 bits per heavy atom. The van der Waals surface area contributed by atoms with Gasteiger partial charge in [0.15, 0.2) is 0 Å². The molecule has 0 bridgehead atoms. The van der Waals surface area contributed by atoms with Crippen LogP contribution in [0.15, 0.2) is 18.2 Å². The summed E-state index contributed by atoms with van der Waals surface area (Å²) in [4.78, 5) is 0. The van der Waals surface area contributed by atoms with Crippen molar-refractivity contribution < 1.29 is 14.2 Å². The molecule has 2 unspecified atom stereocenters. The van der Waals surface area contributed by atoms with Crippen molar-refractivity contribution in [3.05, 3.63) is 29.6 Å². The predicted octanol–water partition coefficient (Wildman–Crippen LogP) is 2.93. The van der Waals surface area contributed by atoms with E-state index >= 15 is 0 Å². The van der Waals surface area contributed by atoms with Gasteiger partial charge in [-0.2, -0.15) is 0 Å². The number of aliphatic hydroxyl groups is 1. The lowest BCUT2D eigenvalue weighted by Gasteiger charge is -2.15. The standard InChI is InChI=1S/C14H19FO2/c1-17-14-8-7-12(15)9-11(14)6-5-10-3-2-4-13(10)16/h7-10,13,16H,2-6H2,1H3. The summed E-state index contributed by atoms with van der Waals surface area (Å²) in [5, 5.41) is 9.74. The number of hydrogen-bond donors (Lipinski definition) is 1. The maximum atomic E-state index is 13.2. The minimum Gasteiger partial charge on any atom is -0.496 e. The van der Waals surface area contributed by atoms with Gasteiger partial charge >= 0.3 is 0 Å². The molecular formula is C14H19FO2. The second-order valence-electron chi connectivity index (χ2n) is 4.75. The monoisotopic (exact) mass is 238 g/mol. The molecule has 17 heavy (non-hydrogen) atoms. The van der Waals surface area contributed by atoms with Crippen molar-refractivity contribution in [3.63, 3.8) is 0 Å². The number of ether oxygens (including phenoxy) is 1. The molecule has 1 N–H and O–H groups in total. The van der Waals surface area contributed by atoms with Crippen LogP contribution in [0.2, 0.25) is 0 Å². The van der Waals surface area contributed by atoms with Crippen LogP contribution in [0.4, 0.5) is 4.39 Å². The molecule has 1 aromatic rings. The summed E-state index contributed by atoms with van der Waals surface area (Å²) in [6.07, 6.45) is 4.59. The van der Waals surface area contributed by atoms with Crippen molar-refractivity contribution in [3.8, 4) is 5.75 Å². The van der Waals surface area contributed by atoms with Crippen LogP contribution in [0.5, 0.6) is 5.75 Å². The van der Waals surface area contributed by atoms with Gasteiger partial charge in [0.1, 0.15) is 11.6 Å². The Labute approximate surface area is 101 Å². The van der Waals surface area contributed by atoms with E-state index in [1.807, 2.05) is 0 Å². The van der Waals surface area contributed by atoms with Crippen molar-refractivity contribution >= 4 is 0 Å². The summed E-state index contributed by atoms with van der Waals surface area (Å²) in [5.74, 6) is 0.870. The van der Waals surface area contributed by atoms with Crippen LogP contribution in [0.25, 0.3) is 0 Å². The molecule has 0 saturated heterocycles. The lowest BCUT2D eigenvalue weighted by Crippen LogP contribution is -2.13.